The van der Waals surface area contributed by atoms with Crippen molar-refractivity contribution in [2.75, 3.05) is 13.1 Å². The number of aromatic nitrogens is 2. The highest BCUT2D eigenvalue weighted by molar-refractivity contribution is 5.74. The van der Waals surface area contributed by atoms with E-state index in [4.69, 9.17) is 0 Å². The smallest absolute Gasteiger partial charge is 0.217 e. The molecule has 0 aliphatic carbocycles. The molecule has 0 saturated carbocycles. The van der Waals surface area contributed by atoms with Crippen molar-refractivity contribution in [1.82, 2.24) is 20.0 Å². The highest BCUT2D eigenvalue weighted by Gasteiger charge is 2.38. The quantitative estimate of drug-likeness (QED) is 0.697. The lowest BCUT2D eigenvalue weighted by molar-refractivity contribution is -0.121. The minimum Gasteiger partial charge on any atom is -0.347 e. The molecule has 1 amide bonds. The Kier molecular flexibility index (Phi) is 5.63. The van der Waals surface area contributed by atoms with E-state index in [2.05, 4.69) is 15.3 Å². The third kappa shape index (κ3) is 4.26. The zero-order valence-electron chi connectivity index (χ0n) is 16.8. The van der Waals surface area contributed by atoms with Gasteiger partial charge in [0.15, 0.2) is 0 Å². The van der Waals surface area contributed by atoms with E-state index in [-0.39, 0.29) is 17.5 Å². The number of carbonyl (C=O) groups excluding carboxylic acids is 1. The summed E-state index contributed by atoms with van der Waals surface area (Å²) in [5.74, 6) is -0.732. The molecule has 1 aliphatic heterocycles. The molecule has 3 aromatic rings. The maximum Gasteiger partial charge on any atom is 0.217 e. The monoisotopic (exact) mass is 410 g/mol. The van der Waals surface area contributed by atoms with Gasteiger partial charge in [-0.15, -0.1) is 0 Å². The Hall–Kier alpha value is -3.06. The second-order valence-electron chi connectivity index (χ2n) is 7.79. The molecule has 4 rings (SSSR count). The molecule has 0 bridgehead atoms. The van der Waals surface area contributed by atoms with E-state index in [1.54, 1.807) is 41.2 Å². The molecular weight excluding hydrogens is 386 g/mol. The van der Waals surface area contributed by atoms with Gasteiger partial charge in [0.2, 0.25) is 5.91 Å². The molecule has 0 atom stereocenters. The van der Waals surface area contributed by atoms with Crippen LogP contribution in [0.4, 0.5) is 8.78 Å². The van der Waals surface area contributed by atoms with Gasteiger partial charge in [0.05, 0.1) is 17.4 Å². The Bertz CT molecular complexity index is 1020. The van der Waals surface area contributed by atoms with E-state index >= 15 is 0 Å². The summed E-state index contributed by atoms with van der Waals surface area (Å²) in [6.07, 6.45) is 4.98. The Labute approximate surface area is 174 Å². The standard InChI is InChI=1S/C23H24F2N4O/c1-17(30)27-23(21-4-2-3-5-22(21)25)10-12-28(13-11-23)15-18-14-26-29(16-18)20-8-6-19(24)7-9-20/h2-9,14,16H,10-13,15H2,1H3,(H,27,30). The predicted molar refractivity (Wildman–Crippen MR) is 110 cm³/mol. The van der Waals surface area contributed by atoms with Crippen LogP contribution in [0.5, 0.6) is 0 Å². The Morgan fingerprint density at radius 1 is 1.10 bits per heavy atom. The number of piperidine rings is 1. The van der Waals surface area contributed by atoms with E-state index in [1.807, 2.05) is 6.20 Å². The SMILES string of the molecule is CC(=O)NC1(c2ccccc2F)CCN(Cc2cnn(-c3ccc(F)cc3)c2)CC1. The van der Waals surface area contributed by atoms with E-state index in [0.29, 0.717) is 24.9 Å². The van der Waals surface area contributed by atoms with Crippen molar-refractivity contribution in [2.45, 2.75) is 31.8 Å². The predicted octanol–water partition coefficient (Wildman–Crippen LogP) is 3.78. The van der Waals surface area contributed by atoms with Crippen LogP contribution >= 0.6 is 0 Å². The van der Waals surface area contributed by atoms with Crippen molar-refractivity contribution >= 4 is 5.91 Å². The van der Waals surface area contributed by atoms with Gasteiger partial charge in [-0.3, -0.25) is 9.69 Å². The van der Waals surface area contributed by atoms with Crippen LogP contribution in [0.2, 0.25) is 0 Å². The first-order valence-electron chi connectivity index (χ1n) is 10.0. The summed E-state index contributed by atoms with van der Waals surface area (Å²) in [6.45, 7) is 3.61. The average Bonchev–Trinajstić information content (AvgIpc) is 3.18. The summed E-state index contributed by atoms with van der Waals surface area (Å²) in [4.78, 5) is 14.1. The lowest BCUT2D eigenvalue weighted by atomic mass is 9.80. The summed E-state index contributed by atoms with van der Waals surface area (Å²) in [5, 5.41) is 7.38. The fourth-order valence-corrected chi connectivity index (χ4v) is 4.18. The van der Waals surface area contributed by atoms with E-state index in [0.717, 1.165) is 24.3 Å². The third-order valence-electron chi connectivity index (χ3n) is 5.65. The van der Waals surface area contributed by atoms with Crippen LogP contribution in [0.3, 0.4) is 0 Å². The molecule has 0 unspecified atom stereocenters. The molecule has 2 heterocycles. The molecule has 1 aromatic heterocycles. The van der Waals surface area contributed by atoms with E-state index < -0.39 is 5.54 Å². The first-order valence-corrected chi connectivity index (χ1v) is 10.0. The number of hydrogen-bond donors (Lipinski definition) is 1. The summed E-state index contributed by atoms with van der Waals surface area (Å²) < 4.78 is 29.3. The molecule has 30 heavy (non-hydrogen) atoms. The van der Waals surface area contributed by atoms with Crippen molar-refractivity contribution in [2.24, 2.45) is 0 Å². The summed E-state index contributed by atoms with van der Waals surface area (Å²) in [6, 6.07) is 12.8. The Morgan fingerprint density at radius 3 is 2.47 bits per heavy atom. The molecule has 1 N–H and O–H groups in total. The number of likely N-dealkylation sites (tertiary alicyclic amines) is 1. The number of hydrogen-bond acceptors (Lipinski definition) is 3. The van der Waals surface area contributed by atoms with Crippen LogP contribution < -0.4 is 5.32 Å². The van der Waals surface area contributed by atoms with Crippen LogP contribution in [-0.4, -0.2) is 33.7 Å². The van der Waals surface area contributed by atoms with Crippen molar-refractivity contribution in [3.05, 3.63) is 83.7 Å². The van der Waals surface area contributed by atoms with Crippen LogP contribution in [0, 0.1) is 11.6 Å². The summed E-state index contributed by atoms with van der Waals surface area (Å²) in [5.41, 5.74) is 1.69. The van der Waals surface area contributed by atoms with Gasteiger partial charge in [0.1, 0.15) is 11.6 Å². The number of amides is 1. The zero-order chi connectivity index (χ0) is 21.1. The van der Waals surface area contributed by atoms with Crippen LogP contribution in [0.25, 0.3) is 5.69 Å². The first kappa shape index (κ1) is 20.2. The molecule has 156 valence electrons. The molecule has 2 aromatic carbocycles. The molecule has 5 nitrogen and oxygen atoms in total. The number of halogens is 2. The van der Waals surface area contributed by atoms with Crippen molar-refractivity contribution in [3.63, 3.8) is 0 Å². The van der Waals surface area contributed by atoms with E-state index in [1.165, 1.54) is 25.1 Å². The van der Waals surface area contributed by atoms with Crippen molar-refractivity contribution < 1.29 is 13.6 Å². The Balaban J connectivity index is 1.45. The maximum absolute atomic E-state index is 14.5. The van der Waals surface area contributed by atoms with Gasteiger partial charge in [0.25, 0.3) is 0 Å². The van der Waals surface area contributed by atoms with Gasteiger partial charge >= 0.3 is 0 Å². The lowest BCUT2D eigenvalue weighted by Crippen LogP contribution is -2.52. The van der Waals surface area contributed by atoms with Gasteiger partial charge in [0, 0.05) is 43.9 Å². The average molecular weight is 410 g/mol. The fourth-order valence-electron chi connectivity index (χ4n) is 4.18. The Morgan fingerprint density at radius 2 is 1.80 bits per heavy atom. The number of rotatable bonds is 5. The van der Waals surface area contributed by atoms with Crippen molar-refractivity contribution in [1.29, 1.82) is 0 Å². The fraction of sp³-hybridized carbons (Fsp3) is 0.304. The molecule has 0 radical (unpaired) electrons. The molecule has 0 spiro atoms. The van der Waals surface area contributed by atoms with Gasteiger partial charge in [-0.05, 0) is 43.2 Å². The molecular formula is C23H24F2N4O. The normalized spacial score (nSPS) is 16.4. The second kappa shape index (κ2) is 8.36. The molecule has 1 aliphatic rings. The number of benzene rings is 2. The highest BCUT2D eigenvalue weighted by Crippen LogP contribution is 2.35. The molecule has 7 heteroatoms. The maximum atomic E-state index is 14.5. The van der Waals surface area contributed by atoms with Crippen LogP contribution in [-0.2, 0) is 16.9 Å². The number of carbonyl (C=O) groups is 1. The summed E-state index contributed by atoms with van der Waals surface area (Å²) >= 11 is 0. The molecule has 1 fully saturated rings. The summed E-state index contributed by atoms with van der Waals surface area (Å²) in [7, 11) is 0. The highest BCUT2D eigenvalue weighted by atomic mass is 19.1. The largest absolute Gasteiger partial charge is 0.347 e. The second-order valence-corrected chi connectivity index (χ2v) is 7.79. The zero-order valence-corrected chi connectivity index (χ0v) is 16.8. The number of nitrogens with one attached hydrogen (secondary N) is 1. The third-order valence-corrected chi connectivity index (χ3v) is 5.65. The van der Waals surface area contributed by atoms with Gasteiger partial charge in [-0.2, -0.15) is 5.10 Å². The van der Waals surface area contributed by atoms with Crippen molar-refractivity contribution in [3.8, 4) is 5.69 Å². The molecule has 1 saturated heterocycles. The van der Waals surface area contributed by atoms with Gasteiger partial charge < -0.3 is 5.32 Å². The first-order chi connectivity index (χ1) is 14.4. The van der Waals surface area contributed by atoms with E-state index in [9.17, 15) is 13.6 Å². The van der Waals surface area contributed by atoms with Crippen LogP contribution in [0.15, 0.2) is 60.9 Å². The van der Waals surface area contributed by atoms with Gasteiger partial charge in [-0.25, -0.2) is 13.5 Å². The minimum atomic E-state index is -0.689. The lowest BCUT2D eigenvalue weighted by Gasteiger charge is -2.42. The van der Waals surface area contributed by atoms with Crippen LogP contribution in [0.1, 0.15) is 30.9 Å². The van der Waals surface area contributed by atoms with Gasteiger partial charge in [-0.1, -0.05) is 18.2 Å². The number of nitrogens with zero attached hydrogens (tertiary/aromatic N) is 3. The topological polar surface area (TPSA) is 50.2 Å². The minimum absolute atomic E-state index is 0.160.